The number of rotatable bonds is 4. The highest BCUT2D eigenvalue weighted by Gasteiger charge is 2.27. The number of carbonyl (C=O) groups is 1. The first-order chi connectivity index (χ1) is 10.7. The van der Waals surface area contributed by atoms with Crippen LogP contribution in [-0.2, 0) is 6.54 Å². The van der Waals surface area contributed by atoms with Gasteiger partial charge in [0.2, 0.25) is 0 Å². The van der Waals surface area contributed by atoms with Crippen molar-refractivity contribution in [2.24, 2.45) is 0 Å². The zero-order valence-electron chi connectivity index (χ0n) is 12.2. The minimum absolute atomic E-state index is 0.0651. The molecule has 1 saturated heterocycles. The van der Waals surface area contributed by atoms with Crippen molar-refractivity contribution >= 4 is 6.03 Å². The average Bonchev–Trinajstić information content (AvgIpc) is 3.19. The fourth-order valence-corrected chi connectivity index (χ4v) is 2.69. The largest absolute Gasteiger partial charge is 0.336 e. The second-order valence-electron chi connectivity index (χ2n) is 5.37. The molecular weight excluding hydrogens is 285 g/mol. The fraction of sp³-hybridized carbons (Fsp3) is 0.400. The molecule has 0 aliphatic carbocycles. The first-order valence-corrected chi connectivity index (χ1v) is 7.33. The quantitative estimate of drug-likeness (QED) is 0.933. The molecule has 1 fully saturated rings. The Morgan fingerprint density at radius 1 is 1.36 bits per heavy atom. The van der Waals surface area contributed by atoms with E-state index in [-0.39, 0.29) is 17.8 Å². The summed E-state index contributed by atoms with van der Waals surface area (Å²) in [5.41, 5.74) is 1.08. The maximum Gasteiger partial charge on any atom is 0.317 e. The van der Waals surface area contributed by atoms with Crippen LogP contribution in [0.4, 0.5) is 9.18 Å². The van der Waals surface area contributed by atoms with E-state index in [0.29, 0.717) is 19.6 Å². The van der Waals surface area contributed by atoms with Crippen LogP contribution in [0.1, 0.15) is 17.9 Å². The van der Waals surface area contributed by atoms with E-state index < -0.39 is 0 Å². The molecule has 2 amide bonds. The van der Waals surface area contributed by atoms with Crippen molar-refractivity contribution in [3.8, 4) is 0 Å². The molecule has 3 rings (SSSR count). The lowest BCUT2D eigenvalue weighted by Gasteiger charge is -2.17. The second kappa shape index (κ2) is 6.55. The highest BCUT2D eigenvalue weighted by molar-refractivity contribution is 5.74. The Bertz CT molecular complexity index is 613. The highest BCUT2D eigenvalue weighted by Crippen LogP contribution is 2.27. The molecule has 1 aromatic heterocycles. The predicted molar refractivity (Wildman–Crippen MR) is 78.8 cm³/mol. The molecule has 0 spiro atoms. The summed E-state index contributed by atoms with van der Waals surface area (Å²) >= 11 is 0. The summed E-state index contributed by atoms with van der Waals surface area (Å²) in [4.78, 5) is 17.8. The molecule has 6 nitrogen and oxygen atoms in total. The van der Waals surface area contributed by atoms with E-state index in [1.165, 1.54) is 18.5 Å². The molecule has 0 radical (unpaired) electrons. The Balaban J connectivity index is 1.47. The van der Waals surface area contributed by atoms with Gasteiger partial charge in [-0.05, 0) is 24.1 Å². The van der Waals surface area contributed by atoms with Crippen molar-refractivity contribution in [1.82, 2.24) is 25.0 Å². The van der Waals surface area contributed by atoms with Gasteiger partial charge in [0.15, 0.2) is 0 Å². The molecule has 116 valence electrons. The van der Waals surface area contributed by atoms with Gasteiger partial charge >= 0.3 is 6.03 Å². The zero-order valence-corrected chi connectivity index (χ0v) is 12.2. The minimum Gasteiger partial charge on any atom is -0.336 e. The van der Waals surface area contributed by atoms with Crippen molar-refractivity contribution < 1.29 is 9.18 Å². The third-order valence-corrected chi connectivity index (χ3v) is 3.90. The molecule has 22 heavy (non-hydrogen) atoms. The molecule has 1 aliphatic rings. The van der Waals surface area contributed by atoms with Crippen LogP contribution in [0.5, 0.6) is 0 Å². The molecule has 1 N–H and O–H groups in total. The molecule has 1 aromatic carbocycles. The van der Waals surface area contributed by atoms with Crippen LogP contribution in [0.2, 0.25) is 0 Å². The summed E-state index contributed by atoms with van der Waals surface area (Å²) in [7, 11) is 0. The number of likely N-dealkylation sites (tertiary alicyclic amines) is 1. The Kier molecular flexibility index (Phi) is 4.32. The van der Waals surface area contributed by atoms with Gasteiger partial charge in [-0.1, -0.05) is 12.1 Å². The van der Waals surface area contributed by atoms with Crippen LogP contribution in [0.25, 0.3) is 0 Å². The smallest absolute Gasteiger partial charge is 0.317 e. The first kappa shape index (κ1) is 14.5. The molecule has 0 saturated carbocycles. The van der Waals surface area contributed by atoms with Crippen molar-refractivity contribution in [2.75, 3.05) is 19.6 Å². The van der Waals surface area contributed by atoms with Gasteiger partial charge in [0.05, 0.1) is 6.54 Å². The number of halogens is 1. The van der Waals surface area contributed by atoms with Crippen LogP contribution < -0.4 is 5.32 Å². The maximum absolute atomic E-state index is 12.9. The van der Waals surface area contributed by atoms with E-state index in [1.807, 2.05) is 0 Å². The summed E-state index contributed by atoms with van der Waals surface area (Å²) in [5, 5.41) is 6.86. The van der Waals surface area contributed by atoms with Crippen LogP contribution in [-0.4, -0.2) is 45.3 Å². The number of hydrogen-bond acceptors (Lipinski definition) is 3. The number of hydrogen-bond donors (Lipinski definition) is 1. The lowest BCUT2D eigenvalue weighted by Crippen LogP contribution is -2.39. The number of urea groups is 1. The summed E-state index contributed by atoms with van der Waals surface area (Å²) in [6.07, 6.45) is 3.99. The third kappa shape index (κ3) is 3.41. The number of carbonyl (C=O) groups excluding carboxylic acids is 1. The molecule has 1 atom stereocenters. The lowest BCUT2D eigenvalue weighted by molar-refractivity contribution is 0.207. The van der Waals surface area contributed by atoms with Gasteiger partial charge in [0.1, 0.15) is 18.5 Å². The predicted octanol–water partition coefficient (Wildman–Crippen LogP) is 1.62. The molecule has 1 unspecified atom stereocenters. The Morgan fingerprint density at radius 2 is 2.18 bits per heavy atom. The average molecular weight is 303 g/mol. The number of aromatic nitrogens is 3. The molecule has 7 heteroatoms. The van der Waals surface area contributed by atoms with Crippen LogP contribution in [0.15, 0.2) is 36.9 Å². The minimum atomic E-state index is -0.232. The summed E-state index contributed by atoms with van der Waals surface area (Å²) < 4.78 is 14.6. The normalized spacial score (nSPS) is 17.7. The number of amides is 2. The second-order valence-corrected chi connectivity index (χ2v) is 5.37. The van der Waals surface area contributed by atoms with Crippen LogP contribution in [0, 0.1) is 5.82 Å². The number of benzene rings is 1. The molecule has 1 aliphatic heterocycles. The monoisotopic (exact) mass is 303 g/mol. The highest BCUT2D eigenvalue weighted by atomic mass is 19.1. The zero-order chi connectivity index (χ0) is 15.4. The summed E-state index contributed by atoms with van der Waals surface area (Å²) in [6, 6.07) is 6.47. The van der Waals surface area contributed by atoms with Gasteiger partial charge in [0.25, 0.3) is 0 Å². The number of nitrogens with one attached hydrogen (secondary N) is 1. The maximum atomic E-state index is 12.9. The van der Waals surface area contributed by atoms with Gasteiger partial charge in [0, 0.05) is 25.6 Å². The Morgan fingerprint density at radius 3 is 2.91 bits per heavy atom. The Labute approximate surface area is 128 Å². The van der Waals surface area contributed by atoms with Crippen molar-refractivity contribution in [3.05, 3.63) is 48.3 Å². The standard InChI is InChI=1S/C15H18FN5O/c16-14-3-1-12(2-4-14)13-5-7-20(9-13)15(22)18-6-8-21-11-17-10-19-21/h1-4,10-11,13H,5-9H2,(H,18,22). The van der Waals surface area contributed by atoms with E-state index in [9.17, 15) is 9.18 Å². The summed E-state index contributed by atoms with van der Waals surface area (Å²) in [5.74, 6) is 0.0473. The van der Waals surface area contributed by atoms with Gasteiger partial charge in [-0.15, -0.1) is 0 Å². The van der Waals surface area contributed by atoms with Gasteiger partial charge in [-0.3, -0.25) is 4.68 Å². The van der Waals surface area contributed by atoms with Gasteiger partial charge < -0.3 is 10.2 Å². The van der Waals surface area contributed by atoms with Crippen LogP contribution >= 0.6 is 0 Å². The van der Waals surface area contributed by atoms with Crippen molar-refractivity contribution in [2.45, 2.75) is 18.9 Å². The van der Waals surface area contributed by atoms with Crippen molar-refractivity contribution in [1.29, 1.82) is 0 Å². The first-order valence-electron chi connectivity index (χ1n) is 7.33. The topological polar surface area (TPSA) is 63.1 Å². The summed E-state index contributed by atoms with van der Waals surface area (Å²) in [6.45, 7) is 2.50. The SMILES string of the molecule is O=C(NCCn1cncn1)N1CCC(c2ccc(F)cc2)C1. The van der Waals surface area contributed by atoms with Gasteiger partial charge in [-0.2, -0.15) is 5.10 Å². The molecule has 2 aromatic rings. The van der Waals surface area contributed by atoms with Crippen molar-refractivity contribution in [3.63, 3.8) is 0 Å². The van der Waals surface area contributed by atoms with E-state index in [1.54, 1.807) is 28.0 Å². The lowest BCUT2D eigenvalue weighted by atomic mass is 9.99. The van der Waals surface area contributed by atoms with E-state index >= 15 is 0 Å². The van der Waals surface area contributed by atoms with E-state index in [4.69, 9.17) is 0 Å². The van der Waals surface area contributed by atoms with Crippen LogP contribution in [0.3, 0.4) is 0 Å². The van der Waals surface area contributed by atoms with E-state index in [2.05, 4.69) is 15.4 Å². The molecular formula is C15H18FN5O. The Hall–Kier alpha value is -2.44. The molecule has 0 bridgehead atoms. The van der Waals surface area contributed by atoms with E-state index in [0.717, 1.165) is 18.5 Å². The molecule has 2 heterocycles. The number of nitrogens with zero attached hydrogens (tertiary/aromatic N) is 4. The van der Waals surface area contributed by atoms with Gasteiger partial charge in [-0.25, -0.2) is 14.2 Å². The fourth-order valence-electron chi connectivity index (χ4n) is 2.69. The third-order valence-electron chi connectivity index (χ3n) is 3.90.